The number of rotatable bonds is 6. The Morgan fingerprint density at radius 3 is 2.72 bits per heavy atom. The van der Waals surface area contributed by atoms with Gasteiger partial charge in [-0.25, -0.2) is 8.78 Å². The van der Waals surface area contributed by atoms with Crippen LogP contribution in [-0.2, 0) is 11.2 Å². The minimum atomic E-state index is -0.934. The number of nitrogens with one attached hydrogen (secondary N) is 1. The summed E-state index contributed by atoms with van der Waals surface area (Å²) in [7, 11) is 0. The molecule has 1 N–H and O–H groups in total. The molecule has 100 valence electrons. The lowest BCUT2D eigenvalue weighted by molar-refractivity contribution is -0.120. The summed E-state index contributed by atoms with van der Waals surface area (Å²) in [4.78, 5) is 11.5. The number of carbonyl (C=O) groups excluding carboxylic acids is 1. The van der Waals surface area contributed by atoms with E-state index in [2.05, 4.69) is 5.32 Å². The molecule has 0 aliphatic carbocycles. The predicted molar refractivity (Wildman–Crippen MR) is 67.6 cm³/mol. The molecular formula is C13H16ClF2NO. The maximum absolute atomic E-state index is 12.9. The minimum Gasteiger partial charge on any atom is -0.356 e. The van der Waals surface area contributed by atoms with Gasteiger partial charge in [0, 0.05) is 11.9 Å². The summed E-state index contributed by atoms with van der Waals surface area (Å²) in [5.41, 5.74) is 0.456. The molecule has 0 heterocycles. The van der Waals surface area contributed by atoms with Crippen molar-refractivity contribution >= 4 is 17.5 Å². The summed E-state index contributed by atoms with van der Waals surface area (Å²) in [5, 5.41) is 2.80. The van der Waals surface area contributed by atoms with Gasteiger partial charge in [0.15, 0.2) is 11.6 Å². The summed E-state index contributed by atoms with van der Waals surface area (Å²) < 4.78 is 25.6. The van der Waals surface area contributed by atoms with E-state index >= 15 is 0 Å². The summed E-state index contributed by atoms with van der Waals surface area (Å²) in [6.07, 6.45) is 1.68. The van der Waals surface area contributed by atoms with Gasteiger partial charge >= 0.3 is 0 Å². The third-order valence-electron chi connectivity index (χ3n) is 2.45. The van der Waals surface area contributed by atoms with E-state index in [1.807, 2.05) is 6.92 Å². The summed E-state index contributed by atoms with van der Waals surface area (Å²) in [5.74, 6) is -2.05. The van der Waals surface area contributed by atoms with Gasteiger partial charge in [0.1, 0.15) is 0 Å². The minimum absolute atomic E-state index is 0.0492. The monoisotopic (exact) mass is 275 g/mol. The van der Waals surface area contributed by atoms with E-state index in [1.54, 1.807) is 0 Å². The topological polar surface area (TPSA) is 29.1 Å². The van der Waals surface area contributed by atoms with Crippen LogP contribution >= 0.6 is 11.6 Å². The highest BCUT2D eigenvalue weighted by Crippen LogP contribution is 2.09. The molecule has 18 heavy (non-hydrogen) atoms. The highest BCUT2D eigenvalue weighted by molar-refractivity contribution is 6.20. The highest BCUT2D eigenvalue weighted by atomic mass is 35.5. The van der Waals surface area contributed by atoms with Crippen molar-refractivity contribution in [3.05, 3.63) is 35.4 Å². The van der Waals surface area contributed by atoms with Crippen LogP contribution in [-0.4, -0.2) is 17.8 Å². The Morgan fingerprint density at radius 2 is 2.11 bits per heavy atom. The van der Waals surface area contributed by atoms with Crippen LogP contribution in [0.3, 0.4) is 0 Å². The molecule has 0 aliphatic rings. The van der Waals surface area contributed by atoms with Gasteiger partial charge in [0.05, 0.1) is 6.42 Å². The first kappa shape index (κ1) is 14.9. The molecule has 0 bridgehead atoms. The van der Waals surface area contributed by atoms with Crippen molar-refractivity contribution in [1.82, 2.24) is 5.32 Å². The van der Waals surface area contributed by atoms with Gasteiger partial charge in [-0.1, -0.05) is 6.07 Å². The molecule has 1 amide bonds. The quantitative estimate of drug-likeness (QED) is 0.627. The van der Waals surface area contributed by atoms with Gasteiger partial charge in [-0.3, -0.25) is 4.79 Å². The number of hydrogen-bond acceptors (Lipinski definition) is 1. The highest BCUT2D eigenvalue weighted by Gasteiger charge is 2.07. The largest absolute Gasteiger partial charge is 0.356 e. The van der Waals surface area contributed by atoms with Crippen molar-refractivity contribution in [3.8, 4) is 0 Å². The number of alkyl halides is 1. The van der Waals surface area contributed by atoms with Crippen LogP contribution in [0.1, 0.15) is 25.3 Å². The average Bonchev–Trinajstić information content (AvgIpc) is 2.29. The molecule has 1 rings (SSSR count). The van der Waals surface area contributed by atoms with E-state index in [0.29, 0.717) is 12.1 Å². The second kappa shape index (κ2) is 7.31. The zero-order valence-corrected chi connectivity index (χ0v) is 10.9. The SMILES string of the molecule is CC(Cl)CCCNC(=O)Cc1ccc(F)c(F)c1. The standard InChI is InChI=1S/C13H16ClF2NO/c1-9(14)3-2-6-17-13(18)8-10-4-5-11(15)12(16)7-10/h4-5,7,9H,2-3,6,8H2,1H3,(H,17,18). The van der Waals surface area contributed by atoms with Gasteiger partial charge < -0.3 is 5.32 Å². The second-order valence-corrected chi connectivity index (χ2v) is 4.94. The van der Waals surface area contributed by atoms with Crippen molar-refractivity contribution in [2.24, 2.45) is 0 Å². The van der Waals surface area contributed by atoms with Gasteiger partial charge in [-0.05, 0) is 37.5 Å². The number of hydrogen-bond donors (Lipinski definition) is 1. The van der Waals surface area contributed by atoms with Crippen LogP contribution in [0.25, 0.3) is 0 Å². The molecule has 0 aliphatic heterocycles. The lowest BCUT2D eigenvalue weighted by Crippen LogP contribution is -2.26. The molecule has 1 aromatic carbocycles. The molecule has 1 unspecified atom stereocenters. The first-order valence-electron chi connectivity index (χ1n) is 5.83. The van der Waals surface area contributed by atoms with E-state index in [4.69, 9.17) is 11.6 Å². The molecule has 0 saturated heterocycles. The summed E-state index contributed by atoms with van der Waals surface area (Å²) in [6.45, 7) is 2.43. The normalized spacial score (nSPS) is 12.2. The average molecular weight is 276 g/mol. The Labute approximate surface area is 110 Å². The van der Waals surface area contributed by atoms with Gasteiger partial charge in [0.2, 0.25) is 5.91 Å². The first-order valence-corrected chi connectivity index (χ1v) is 6.27. The summed E-state index contributed by atoms with van der Waals surface area (Å²) in [6, 6.07) is 3.46. The zero-order chi connectivity index (χ0) is 13.5. The van der Waals surface area contributed by atoms with Crippen LogP contribution in [0.4, 0.5) is 8.78 Å². The van der Waals surface area contributed by atoms with E-state index in [9.17, 15) is 13.6 Å². The molecule has 0 saturated carbocycles. The lowest BCUT2D eigenvalue weighted by atomic mass is 10.1. The summed E-state index contributed by atoms with van der Waals surface area (Å²) >= 11 is 5.77. The van der Waals surface area contributed by atoms with Crippen LogP contribution < -0.4 is 5.32 Å². The van der Waals surface area contributed by atoms with Crippen LogP contribution in [0.2, 0.25) is 0 Å². The number of halogens is 3. The molecule has 0 fully saturated rings. The van der Waals surface area contributed by atoms with Gasteiger partial charge in [-0.2, -0.15) is 0 Å². The van der Waals surface area contributed by atoms with Crippen LogP contribution in [0.5, 0.6) is 0 Å². The molecule has 1 atom stereocenters. The molecular weight excluding hydrogens is 260 g/mol. The van der Waals surface area contributed by atoms with Gasteiger partial charge in [-0.15, -0.1) is 11.6 Å². The van der Waals surface area contributed by atoms with Gasteiger partial charge in [0.25, 0.3) is 0 Å². The fourth-order valence-electron chi connectivity index (χ4n) is 1.51. The number of amides is 1. The van der Waals surface area contributed by atoms with E-state index in [0.717, 1.165) is 25.0 Å². The van der Waals surface area contributed by atoms with E-state index < -0.39 is 11.6 Å². The van der Waals surface area contributed by atoms with Crippen molar-refractivity contribution in [2.45, 2.75) is 31.6 Å². The van der Waals surface area contributed by atoms with Crippen LogP contribution in [0, 0.1) is 11.6 Å². The van der Waals surface area contributed by atoms with Crippen molar-refractivity contribution in [1.29, 1.82) is 0 Å². The molecule has 0 radical (unpaired) electrons. The Bertz CT molecular complexity index is 410. The predicted octanol–water partition coefficient (Wildman–Crippen LogP) is 3.03. The van der Waals surface area contributed by atoms with Crippen molar-refractivity contribution in [3.63, 3.8) is 0 Å². The molecule has 0 spiro atoms. The maximum atomic E-state index is 12.9. The fourth-order valence-corrected chi connectivity index (χ4v) is 1.66. The number of benzene rings is 1. The molecule has 0 aromatic heterocycles. The first-order chi connectivity index (χ1) is 8.49. The third-order valence-corrected chi connectivity index (χ3v) is 2.67. The Balaban J connectivity index is 2.33. The molecule has 1 aromatic rings. The smallest absolute Gasteiger partial charge is 0.224 e. The third kappa shape index (κ3) is 5.45. The lowest BCUT2D eigenvalue weighted by Gasteiger charge is -2.06. The van der Waals surface area contributed by atoms with E-state index in [1.165, 1.54) is 6.07 Å². The maximum Gasteiger partial charge on any atom is 0.224 e. The molecule has 2 nitrogen and oxygen atoms in total. The Morgan fingerprint density at radius 1 is 1.39 bits per heavy atom. The zero-order valence-electron chi connectivity index (χ0n) is 10.2. The van der Waals surface area contributed by atoms with Crippen molar-refractivity contribution < 1.29 is 13.6 Å². The van der Waals surface area contributed by atoms with E-state index in [-0.39, 0.29) is 17.7 Å². The van der Waals surface area contributed by atoms with Crippen molar-refractivity contribution in [2.75, 3.05) is 6.54 Å². The molecule has 5 heteroatoms. The van der Waals surface area contributed by atoms with Crippen LogP contribution in [0.15, 0.2) is 18.2 Å². The Hall–Kier alpha value is -1.16. The number of carbonyl (C=O) groups is 1. The fraction of sp³-hybridized carbons (Fsp3) is 0.462. The Kier molecular flexibility index (Phi) is 6.05. The second-order valence-electron chi connectivity index (χ2n) is 4.20.